The lowest BCUT2D eigenvalue weighted by Crippen LogP contribution is -2.32. The lowest BCUT2D eigenvalue weighted by molar-refractivity contribution is 0.217. The second-order valence-electron chi connectivity index (χ2n) is 5.30. The summed E-state index contributed by atoms with van der Waals surface area (Å²) in [7, 11) is -5.76. The number of rotatable bonds is 7. The quantitative estimate of drug-likeness (QED) is 0.532. The highest BCUT2D eigenvalue weighted by Gasteiger charge is 2.45. The van der Waals surface area contributed by atoms with Gasteiger partial charge in [-0.25, -0.2) is 0 Å². The maximum atomic E-state index is 13.3. The van der Waals surface area contributed by atoms with Gasteiger partial charge in [-0.05, 0) is 19.4 Å². The standard InChI is InChI=1S/C14H25O3PSi/c1-6-16-18(15,17-7-2)14(19(3,4)5)13-11-9-8-10-12-13/h8-12,14H,6-7H2,1-5H3/i14D. The summed E-state index contributed by atoms with van der Waals surface area (Å²) in [6.45, 7) is 10.2. The maximum absolute atomic E-state index is 13.3. The van der Waals surface area contributed by atoms with Crippen LogP contribution in [0, 0.1) is 0 Å². The fraction of sp³-hybridized carbons (Fsp3) is 0.571. The minimum absolute atomic E-state index is 0.273. The van der Waals surface area contributed by atoms with Gasteiger partial charge >= 0.3 is 7.60 Å². The van der Waals surface area contributed by atoms with Gasteiger partial charge in [0.05, 0.1) is 26.5 Å². The van der Waals surface area contributed by atoms with E-state index in [2.05, 4.69) is 0 Å². The SMILES string of the molecule is [2H]C(c1ccccc1)([Si](C)(C)C)P(=O)(OCC)OCC. The first kappa shape index (κ1) is 15.0. The molecule has 1 aromatic rings. The Morgan fingerprint density at radius 3 is 2.00 bits per heavy atom. The van der Waals surface area contributed by atoms with Crippen molar-refractivity contribution in [3.05, 3.63) is 35.9 Å². The van der Waals surface area contributed by atoms with Crippen LogP contribution >= 0.6 is 7.60 Å². The van der Waals surface area contributed by atoms with E-state index in [0.717, 1.165) is 0 Å². The minimum atomic E-state index is -3.56. The van der Waals surface area contributed by atoms with E-state index in [9.17, 15) is 4.57 Å². The fourth-order valence-electron chi connectivity index (χ4n) is 2.10. The summed E-state index contributed by atoms with van der Waals surface area (Å²) in [5.74, 6) is 0. The Labute approximate surface area is 119 Å². The molecule has 0 heterocycles. The Bertz CT molecular complexity index is 465. The summed E-state index contributed by atoms with van der Waals surface area (Å²) < 4.78 is 33.3. The van der Waals surface area contributed by atoms with Crippen molar-refractivity contribution in [3.8, 4) is 0 Å². The zero-order chi connectivity index (χ0) is 15.4. The highest BCUT2D eigenvalue weighted by atomic mass is 31.2. The molecule has 108 valence electrons. The van der Waals surface area contributed by atoms with Gasteiger partial charge in [-0.1, -0.05) is 50.0 Å². The molecular formula is C14H25O3PSi. The van der Waals surface area contributed by atoms with E-state index < -0.39 is 20.9 Å². The summed E-state index contributed by atoms with van der Waals surface area (Å²) >= 11 is 0. The van der Waals surface area contributed by atoms with Gasteiger partial charge in [-0.2, -0.15) is 0 Å². The molecule has 0 radical (unpaired) electrons. The third kappa shape index (κ3) is 4.28. The minimum Gasteiger partial charge on any atom is -0.309 e. The summed E-state index contributed by atoms with van der Waals surface area (Å²) in [5.41, 5.74) is 0.712. The third-order valence-corrected chi connectivity index (χ3v) is 9.18. The van der Waals surface area contributed by atoms with E-state index >= 15 is 0 Å². The predicted molar refractivity (Wildman–Crippen MR) is 83.4 cm³/mol. The van der Waals surface area contributed by atoms with Crippen LogP contribution in [0.3, 0.4) is 0 Å². The molecule has 5 heteroatoms. The summed E-state index contributed by atoms with van der Waals surface area (Å²) in [6, 6.07) is 9.30. The van der Waals surface area contributed by atoms with Crippen molar-refractivity contribution in [2.75, 3.05) is 13.2 Å². The highest BCUT2D eigenvalue weighted by Crippen LogP contribution is 2.64. The van der Waals surface area contributed by atoms with Crippen LogP contribution in [0.1, 0.15) is 26.0 Å². The van der Waals surface area contributed by atoms with Crippen molar-refractivity contribution in [1.82, 2.24) is 0 Å². The Hall–Kier alpha value is -0.413. The maximum Gasteiger partial charge on any atom is 0.335 e. The molecule has 0 aliphatic rings. The Balaban J connectivity index is 3.49. The molecule has 0 N–H and O–H groups in total. The molecular weight excluding hydrogens is 275 g/mol. The van der Waals surface area contributed by atoms with E-state index in [1.165, 1.54) is 0 Å². The predicted octanol–water partition coefficient (Wildman–Crippen LogP) is 4.87. The molecule has 0 amide bonds. The van der Waals surface area contributed by atoms with Gasteiger partial charge in [0, 0.05) is 1.37 Å². The largest absolute Gasteiger partial charge is 0.335 e. The molecule has 1 aromatic carbocycles. The Morgan fingerprint density at radius 1 is 1.16 bits per heavy atom. The first-order valence-electron chi connectivity index (χ1n) is 7.17. The second kappa shape index (κ2) is 6.85. The molecule has 19 heavy (non-hydrogen) atoms. The molecule has 0 fully saturated rings. The van der Waals surface area contributed by atoms with Gasteiger partial charge in [0.1, 0.15) is 0 Å². The highest BCUT2D eigenvalue weighted by molar-refractivity contribution is 7.57. The average molecular weight is 301 g/mol. The smallest absolute Gasteiger partial charge is 0.309 e. The van der Waals surface area contributed by atoms with Gasteiger partial charge in [-0.3, -0.25) is 4.57 Å². The van der Waals surface area contributed by atoms with Gasteiger partial charge in [0.25, 0.3) is 0 Å². The number of benzene rings is 1. The fourth-order valence-corrected chi connectivity index (χ4v) is 8.29. The van der Waals surface area contributed by atoms with Crippen LogP contribution in [-0.2, 0) is 13.6 Å². The first-order chi connectivity index (χ1) is 9.23. The van der Waals surface area contributed by atoms with Crippen molar-refractivity contribution in [3.63, 3.8) is 0 Å². The second-order valence-corrected chi connectivity index (χ2v) is 12.7. The molecule has 0 aromatic heterocycles. The summed E-state index contributed by atoms with van der Waals surface area (Å²) in [4.78, 5) is 0. The Kier molecular flexibility index (Phi) is 5.40. The van der Waals surface area contributed by atoms with Gasteiger partial charge in [0.2, 0.25) is 0 Å². The Morgan fingerprint density at radius 2 is 1.63 bits per heavy atom. The zero-order valence-corrected chi connectivity index (χ0v) is 14.4. The van der Waals surface area contributed by atoms with Gasteiger partial charge in [0.15, 0.2) is 0 Å². The summed E-state index contributed by atoms with van der Waals surface area (Å²) in [5, 5.41) is -1.31. The van der Waals surface area contributed by atoms with E-state index in [4.69, 9.17) is 10.4 Å². The van der Waals surface area contributed by atoms with E-state index in [1.807, 2.05) is 50.0 Å². The lowest BCUT2D eigenvalue weighted by atomic mass is 10.2. The van der Waals surface area contributed by atoms with Crippen molar-refractivity contribution >= 4 is 15.7 Å². The van der Waals surface area contributed by atoms with Crippen LogP contribution in [0.2, 0.25) is 19.6 Å². The van der Waals surface area contributed by atoms with Crippen molar-refractivity contribution in [1.29, 1.82) is 0 Å². The average Bonchev–Trinajstić information content (AvgIpc) is 2.38. The van der Waals surface area contributed by atoms with Crippen LogP contribution < -0.4 is 0 Å². The molecule has 0 bridgehead atoms. The molecule has 1 rings (SSSR count). The van der Waals surface area contributed by atoms with Crippen molar-refractivity contribution < 1.29 is 15.0 Å². The number of hydrogen-bond acceptors (Lipinski definition) is 3. The van der Waals surface area contributed by atoms with Crippen LogP contribution in [0.4, 0.5) is 0 Å². The van der Waals surface area contributed by atoms with Crippen LogP contribution in [-0.4, -0.2) is 21.3 Å². The van der Waals surface area contributed by atoms with E-state index in [0.29, 0.717) is 5.56 Å². The van der Waals surface area contributed by atoms with Crippen LogP contribution in [0.25, 0.3) is 0 Å². The molecule has 0 saturated heterocycles. The normalized spacial score (nSPS) is 16.8. The van der Waals surface area contributed by atoms with Crippen LogP contribution in [0.15, 0.2) is 30.3 Å². The van der Waals surface area contributed by atoms with Crippen LogP contribution in [0.5, 0.6) is 0 Å². The first-order valence-corrected chi connectivity index (χ1v) is 11.7. The molecule has 0 aliphatic carbocycles. The van der Waals surface area contributed by atoms with E-state index in [1.54, 1.807) is 13.8 Å². The van der Waals surface area contributed by atoms with Gasteiger partial charge < -0.3 is 9.05 Å². The summed E-state index contributed by atoms with van der Waals surface area (Å²) in [6.07, 6.45) is 0. The third-order valence-electron chi connectivity index (χ3n) is 2.63. The van der Waals surface area contributed by atoms with Crippen molar-refractivity contribution in [2.24, 2.45) is 0 Å². The van der Waals surface area contributed by atoms with E-state index in [-0.39, 0.29) is 13.2 Å². The number of hydrogen-bond donors (Lipinski definition) is 0. The molecule has 0 aliphatic heterocycles. The molecule has 0 spiro atoms. The van der Waals surface area contributed by atoms with Gasteiger partial charge in [-0.15, -0.1) is 0 Å². The molecule has 1 unspecified atom stereocenters. The lowest BCUT2D eigenvalue weighted by Gasteiger charge is -2.34. The topological polar surface area (TPSA) is 35.5 Å². The molecule has 3 nitrogen and oxygen atoms in total. The monoisotopic (exact) mass is 301 g/mol. The zero-order valence-electron chi connectivity index (χ0n) is 13.5. The molecule has 0 saturated carbocycles. The molecule has 1 atom stereocenters. The van der Waals surface area contributed by atoms with Crippen molar-refractivity contribution in [2.45, 2.75) is 38.7 Å².